The maximum atomic E-state index is 8.18. The van der Waals surface area contributed by atoms with Gasteiger partial charge in [0.25, 0.3) is 0 Å². The minimum atomic E-state index is -0.523. The van der Waals surface area contributed by atoms with Gasteiger partial charge >= 0.3 is 0 Å². The van der Waals surface area contributed by atoms with Crippen LogP contribution < -0.4 is 15.6 Å². The van der Waals surface area contributed by atoms with Crippen LogP contribution in [0.4, 0.5) is 0 Å². The van der Waals surface area contributed by atoms with E-state index >= 15 is 0 Å². The molecule has 126 valence electrons. The number of rotatable bonds is 10. The van der Waals surface area contributed by atoms with E-state index in [1.54, 1.807) is 11.8 Å². The molecule has 1 saturated heterocycles. The van der Waals surface area contributed by atoms with E-state index in [1.807, 2.05) is 30.5 Å². The van der Waals surface area contributed by atoms with Crippen molar-refractivity contribution in [2.24, 2.45) is 5.11 Å². The molecule has 1 unspecified atom stereocenters. The van der Waals surface area contributed by atoms with E-state index in [9.17, 15) is 0 Å². The monoisotopic (exact) mass is 337 g/mol. The van der Waals surface area contributed by atoms with Crippen LogP contribution in [-0.2, 0) is 9.79 Å². The molecule has 0 aromatic heterocycles. The quantitative estimate of drug-likeness (QED) is 0.295. The second-order valence-electron chi connectivity index (χ2n) is 5.15. The predicted octanol–water partition coefficient (Wildman–Crippen LogP) is 3.49. The Balaban J connectivity index is 1.70. The number of thioether (sulfide) groups is 1. The number of azide groups is 1. The van der Waals surface area contributed by atoms with E-state index in [2.05, 4.69) is 20.9 Å². The van der Waals surface area contributed by atoms with Crippen LogP contribution in [0.1, 0.15) is 31.2 Å². The molecular weight excluding hydrogens is 314 g/mol. The first-order valence-electron chi connectivity index (χ1n) is 7.74. The van der Waals surface area contributed by atoms with Crippen molar-refractivity contribution in [3.05, 3.63) is 40.3 Å². The van der Waals surface area contributed by atoms with Gasteiger partial charge < -0.3 is 9.47 Å². The molecular formula is C15H23N5O2S. The first-order chi connectivity index (χ1) is 11.3. The van der Waals surface area contributed by atoms with Crippen LogP contribution in [0.5, 0.6) is 5.75 Å². The molecule has 1 atom stereocenters. The van der Waals surface area contributed by atoms with Crippen LogP contribution in [0.15, 0.2) is 29.4 Å². The van der Waals surface area contributed by atoms with Gasteiger partial charge in [0.2, 0.25) is 5.06 Å². The summed E-state index contributed by atoms with van der Waals surface area (Å²) in [6.07, 6.45) is 6.09. The SMILES string of the molecule is CSC1(c2ccc(OCCCCCCN=[N+]=[N-])cc2)NNCO1. The van der Waals surface area contributed by atoms with Gasteiger partial charge in [0.1, 0.15) is 12.5 Å². The number of ether oxygens (including phenoxy) is 2. The fraction of sp³-hybridized carbons (Fsp3) is 0.600. The Kier molecular flexibility index (Phi) is 7.51. The van der Waals surface area contributed by atoms with Crippen molar-refractivity contribution >= 4 is 11.8 Å². The number of unbranched alkanes of at least 4 members (excludes halogenated alkanes) is 3. The van der Waals surface area contributed by atoms with Gasteiger partial charge in [-0.3, -0.25) is 0 Å². The molecule has 1 aliphatic heterocycles. The Morgan fingerprint density at radius 1 is 1.30 bits per heavy atom. The van der Waals surface area contributed by atoms with Crippen LogP contribution >= 0.6 is 11.8 Å². The lowest BCUT2D eigenvalue weighted by Crippen LogP contribution is -2.38. The molecule has 1 fully saturated rings. The summed E-state index contributed by atoms with van der Waals surface area (Å²) in [6, 6.07) is 7.98. The highest BCUT2D eigenvalue weighted by atomic mass is 32.2. The van der Waals surface area contributed by atoms with Crippen molar-refractivity contribution in [3.63, 3.8) is 0 Å². The summed E-state index contributed by atoms with van der Waals surface area (Å²) < 4.78 is 11.5. The summed E-state index contributed by atoms with van der Waals surface area (Å²) in [7, 11) is 0. The van der Waals surface area contributed by atoms with Gasteiger partial charge in [0, 0.05) is 17.0 Å². The number of hydrogen-bond acceptors (Lipinski definition) is 6. The lowest BCUT2D eigenvalue weighted by Gasteiger charge is -2.25. The molecule has 2 N–H and O–H groups in total. The highest BCUT2D eigenvalue weighted by Crippen LogP contribution is 2.35. The summed E-state index contributed by atoms with van der Waals surface area (Å²) in [4.78, 5) is 2.74. The average molecular weight is 337 g/mol. The summed E-state index contributed by atoms with van der Waals surface area (Å²) in [5.74, 6) is 0.866. The fourth-order valence-electron chi connectivity index (χ4n) is 2.35. The van der Waals surface area contributed by atoms with Crippen molar-refractivity contribution in [1.82, 2.24) is 10.9 Å². The standard InChI is InChI=1S/C15H23N5O2S/c1-23-15(19-18-12-22-15)13-6-8-14(9-7-13)21-11-5-3-2-4-10-17-20-16/h6-9,18-19H,2-5,10-12H2,1H3. The van der Waals surface area contributed by atoms with E-state index in [-0.39, 0.29) is 0 Å². The van der Waals surface area contributed by atoms with Gasteiger partial charge in [-0.25, -0.2) is 10.9 Å². The van der Waals surface area contributed by atoms with Gasteiger partial charge in [-0.2, -0.15) is 0 Å². The molecule has 1 aromatic rings. The van der Waals surface area contributed by atoms with E-state index < -0.39 is 5.06 Å². The highest BCUT2D eigenvalue weighted by Gasteiger charge is 2.36. The number of hydrazine groups is 1. The Bertz CT molecular complexity index is 513. The van der Waals surface area contributed by atoms with Gasteiger partial charge in [0.05, 0.1) is 6.61 Å². The number of nitrogens with one attached hydrogen (secondary N) is 2. The smallest absolute Gasteiger partial charge is 0.207 e. The van der Waals surface area contributed by atoms with Gasteiger partial charge in [-0.05, 0) is 36.8 Å². The largest absolute Gasteiger partial charge is 0.494 e. The van der Waals surface area contributed by atoms with E-state index in [1.165, 1.54) is 0 Å². The highest BCUT2D eigenvalue weighted by molar-refractivity contribution is 7.99. The molecule has 1 heterocycles. The van der Waals surface area contributed by atoms with E-state index in [0.29, 0.717) is 19.9 Å². The molecule has 0 amide bonds. The Hall–Kier alpha value is -1.44. The van der Waals surface area contributed by atoms with Crippen molar-refractivity contribution in [1.29, 1.82) is 0 Å². The molecule has 0 spiro atoms. The van der Waals surface area contributed by atoms with Crippen LogP contribution in [-0.4, -0.2) is 26.1 Å². The predicted molar refractivity (Wildman–Crippen MR) is 91.8 cm³/mol. The van der Waals surface area contributed by atoms with Crippen molar-refractivity contribution < 1.29 is 9.47 Å². The average Bonchev–Trinajstić information content (AvgIpc) is 3.08. The topological polar surface area (TPSA) is 91.3 Å². The molecule has 0 aliphatic carbocycles. The number of benzene rings is 1. The third-order valence-corrected chi connectivity index (χ3v) is 4.64. The Morgan fingerprint density at radius 2 is 2.09 bits per heavy atom. The van der Waals surface area contributed by atoms with Gasteiger partial charge in [-0.1, -0.05) is 30.1 Å². The normalized spacial score (nSPS) is 20.2. The molecule has 1 aromatic carbocycles. The second kappa shape index (κ2) is 9.64. The molecule has 23 heavy (non-hydrogen) atoms. The first-order valence-corrected chi connectivity index (χ1v) is 8.96. The van der Waals surface area contributed by atoms with Crippen molar-refractivity contribution in [3.8, 4) is 5.75 Å². The van der Waals surface area contributed by atoms with Crippen LogP contribution in [0.3, 0.4) is 0 Å². The minimum Gasteiger partial charge on any atom is -0.494 e. The number of nitrogens with zero attached hydrogens (tertiary/aromatic N) is 3. The first kappa shape index (κ1) is 17.9. The molecule has 1 aliphatic rings. The lowest BCUT2D eigenvalue weighted by atomic mass is 10.2. The summed E-state index contributed by atoms with van der Waals surface area (Å²) in [5, 5.41) is 3.00. The zero-order valence-corrected chi connectivity index (χ0v) is 14.1. The summed E-state index contributed by atoms with van der Waals surface area (Å²) in [5.41, 5.74) is 15.4. The van der Waals surface area contributed by atoms with Gasteiger partial charge in [0.15, 0.2) is 0 Å². The number of hydrogen-bond donors (Lipinski definition) is 2. The fourth-order valence-corrected chi connectivity index (χ4v) is 3.08. The molecule has 0 saturated carbocycles. The molecule has 7 nitrogen and oxygen atoms in total. The zero-order valence-electron chi connectivity index (χ0n) is 13.3. The van der Waals surface area contributed by atoms with Crippen LogP contribution in [0, 0.1) is 0 Å². The van der Waals surface area contributed by atoms with Crippen molar-refractivity contribution in [2.45, 2.75) is 30.7 Å². The Morgan fingerprint density at radius 3 is 2.74 bits per heavy atom. The second-order valence-corrected chi connectivity index (χ2v) is 6.14. The van der Waals surface area contributed by atoms with E-state index in [4.69, 9.17) is 15.0 Å². The molecule has 0 bridgehead atoms. The molecule has 8 heteroatoms. The van der Waals surface area contributed by atoms with Crippen LogP contribution in [0.2, 0.25) is 0 Å². The minimum absolute atomic E-state index is 0.485. The lowest BCUT2D eigenvalue weighted by molar-refractivity contribution is 0.0684. The van der Waals surface area contributed by atoms with Crippen LogP contribution in [0.25, 0.3) is 10.4 Å². The third-order valence-electron chi connectivity index (χ3n) is 3.61. The summed E-state index contributed by atoms with van der Waals surface area (Å²) >= 11 is 1.60. The molecule has 0 radical (unpaired) electrons. The van der Waals surface area contributed by atoms with Gasteiger partial charge in [-0.15, -0.1) is 11.8 Å². The third kappa shape index (κ3) is 5.30. The molecule has 2 rings (SSSR count). The van der Waals surface area contributed by atoms with E-state index in [0.717, 1.165) is 37.0 Å². The zero-order chi connectivity index (χ0) is 16.4. The van der Waals surface area contributed by atoms with Crippen molar-refractivity contribution in [2.75, 3.05) is 26.1 Å². The Labute approximate surface area is 140 Å². The maximum absolute atomic E-state index is 8.18. The summed E-state index contributed by atoms with van der Waals surface area (Å²) in [6.45, 7) is 1.77. The maximum Gasteiger partial charge on any atom is 0.207 e.